The van der Waals surface area contributed by atoms with Gasteiger partial charge in [-0.3, -0.25) is 42.5 Å². The summed E-state index contributed by atoms with van der Waals surface area (Å²) in [7, 11) is -1.58. The molecule has 460 valence electrons. The van der Waals surface area contributed by atoms with E-state index in [1.54, 1.807) is 0 Å². The van der Waals surface area contributed by atoms with E-state index in [1.807, 2.05) is 0 Å². The average Bonchev–Trinajstić information content (AvgIpc) is 4.35. The Kier molecular flexibility index (Phi) is 21.9. The van der Waals surface area contributed by atoms with Crippen LogP contribution in [-0.4, -0.2) is 188 Å². The Morgan fingerprint density at radius 2 is 0.557 bits per heavy atom. The predicted molar refractivity (Wildman–Crippen MR) is 267 cm³/mol. The maximum Gasteiger partial charge on any atom is 0.330 e. The van der Waals surface area contributed by atoms with Crippen molar-refractivity contribution < 1.29 is 98.8 Å². The van der Waals surface area contributed by atoms with Gasteiger partial charge < -0.3 is 28.5 Å². The Hall–Kier alpha value is 0.457. The van der Waals surface area contributed by atoms with Crippen LogP contribution in [0.2, 0.25) is 0 Å². The monoisotopic (exact) mass is 1450 g/mol. The van der Waals surface area contributed by atoms with E-state index < -0.39 is 170 Å². The first-order valence-corrected chi connectivity index (χ1v) is 30.9. The molecular weight excluding hydrogens is 1390 g/mol. The number of fused-ring (bicyclic) bond motifs is 20. The molecule has 9 aliphatic rings. The summed E-state index contributed by atoms with van der Waals surface area (Å²) < 4.78 is 253. The van der Waals surface area contributed by atoms with Crippen molar-refractivity contribution in [1.82, 2.24) is 42.5 Å². The van der Waals surface area contributed by atoms with Crippen molar-refractivity contribution in [2.75, 3.05) is 26.4 Å². The van der Waals surface area contributed by atoms with Crippen LogP contribution >= 0.6 is 63.7 Å². The topological polar surface area (TPSA) is 174 Å². The summed E-state index contributed by atoms with van der Waals surface area (Å²) in [4.78, 5) is 13.2. The van der Waals surface area contributed by atoms with Gasteiger partial charge in [0.1, 0.15) is 38.6 Å². The molecule has 0 aromatic rings. The molecule has 0 aromatic carbocycles. The van der Waals surface area contributed by atoms with Crippen LogP contribution in [0.3, 0.4) is 0 Å². The van der Waals surface area contributed by atoms with Gasteiger partial charge in [-0.1, -0.05) is 89.4 Å². The Bertz CT molecular complexity index is 2000. The first-order valence-electron chi connectivity index (χ1n) is 26.0. The minimum atomic E-state index is -5.17. The van der Waals surface area contributed by atoms with Gasteiger partial charge >= 0.3 is 49.4 Å². The van der Waals surface area contributed by atoms with Crippen LogP contribution in [0, 0.1) is 47.3 Å². The average molecular weight is 1450 g/mol. The van der Waals surface area contributed by atoms with Gasteiger partial charge in [0.2, 0.25) is 0 Å². The van der Waals surface area contributed by atoms with Crippen LogP contribution in [0.4, 0.5) is 70.2 Å². The van der Waals surface area contributed by atoms with Gasteiger partial charge in [0.25, 0.3) is 10.0 Å². The maximum atomic E-state index is 15.1. The summed E-state index contributed by atoms with van der Waals surface area (Å²) in [6.45, 7) is -9.45. The van der Waals surface area contributed by atoms with Crippen molar-refractivity contribution in [3.63, 3.8) is 0 Å². The van der Waals surface area contributed by atoms with E-state index in [4.69, 9.17) is 28.5 Å². The van der Waals surface area contributed by atoms with E-state index >= 15 is 17.6 Å². The molecule has 5 saturated heterocycles. The molecule has 10 N–H and O–H groups in total. The highest BCUT2D eigenvalue weighted by Crippen LogP contribution is 2.53. The van der Waals surface area contributed by atoms with Crippen LogP contribution in [0.15, 0.2) is 0 Å². The minimum absolute atomic E-state index is 0.0830. The van der Waals surface area contributed by atoms with Crippen molar-refractivity contribution in [3.8, 4) is 0 Å². The first kappa shape index (κ1) is 65.4. The number of hydrogen-bond acceptors (Lipinski definition) is 14. The number of ether oxygens (including phenoxy) is 4. The van der Waals surface area contributed by atoms with E-state index in [0.717, 1.165) is 38.5 Å². The fourth-order valence-corrected chi connectivity index (χ4v) is 18.0. The highest BCUT2D eigenvalue weighted by Gasteiger charge is 2.66. The SMILES string of the molecule is FC(F)C(F)(F)COC1C(OCC(F)(F)C(F)F)C(OCC(F)(F)C(F)F)C2C3NC4NC(NC5NC(NC6NC(NC(N3)C2C1OCC(F)(F)C(F)F)C1CCCCC61)C1CCCCC51)C1C(Br)C(Br)C(Br)C(Br)C41.O[SiH2]O. The fraction of sp³-hybridized carbons (Fsp3) is 1.00. The lowest BCUT2D eigenvalue weighted by molar-refractivity contribution is -0.290. The number of nitrogens with one attached hydrogen (secondary N) is 8. The molecule has 14 nitrogen and oxygen atoms in total. The van der Waals surface area contributed by atoms with Crippen LogP contribution in [0.5, 0.6) is 0 Å². The zero-order valence-electron chi connectivity index (χ0n) is 41.4. The van der Waals surface area contributed by atoms with E-state index in [2.05, 4.69) is 106 Å². The van der Waals surface area contributed by atoms with E-state index in [-0.39, 0.29) is 56.4 Å². The Morgan fingerprint density at radius 1 is 0.354 bits per heavy atom. The molecule has 24 unspecified atom stereocenters. The molecule has 5 heterocycles. The summed E-state index contributed by atoms with van der Waals surface area (Å²) in [5, 5.41) is 28.7. The van der Waals surface area contributed by atoms with Crippen LogP contribution in [0.1, 0.15) is 51.4 Å². The first-order chi connectivity index (χ1) is 37.0. The molecule has 0 aromatic heterocycles. The molecule has 35 heteroatoms. The molecule has 4 aliphatic carbocycles. The minimum Gasteiger partial charge on any atom is -0.415 e. The molecule has 0 radical (unpaired) electrons. The standard InChI is InChI=1S/C44H60Br4F16N8O4.H4O2Si/c45-21-17-18(22(46)24(48)23(21)47)34-70-33(17)68-31-15-7-3-1-5-13(15)29(66-31)65-30-14-6-2-4-8-16(14)32(67-30)69-35-19-20(36(71-34)72-35)26(74-10-42(59,60)38(51)52)28(76-12-44(63,64)40(55)56)27(75-11-43(61,62)39(53)54)25(19)73-9-41(57,58)37(49)50;1-3-2/h13-40,65-72H,1-12H2;1-2H,3H2. The second kappa shape index (κ2) is 26.4. The molecule has 8 bridgehead atoms. The number of alkyl halides is 20. The predicted octanol–water partition coefficient (Wildman–Crippen LogP) is 5.65. The van der Waals surface area contributed by atoms with Crippen molar-refractivity contribution in [2.24, 2.45) is 47.3 Å². The normalized spacial score (nSPS) is 43.7. The van der Waals surface area contributed by atoms with E-state index in [9.17, 15) is 52.7 Å². The van der Waals surface area contributed by atoms with Crippen molar-refractivity contribution in [1.29, 1.82) is 0 Å². The molecule has 0 spiro atoms. The summed E-state index contributed by atoms with van der Waals surface area (Å²) in [5.41, 5.74) is 0. The number of halogens is 20. The van der Waals surface area contributed by atoms with Gasteiger partial charge in [-0.25, -0.2) is 35.1 Å². The molecule has 0 amide bonds. The van der Waals surface area contributed by atoms with Crippen molar-refractivity contribution >= 4 is 73.7 Å². The molecule has 5 aliphatic heterocycles. The summed E-state index contributed by atoms with van der Waals surface area (Å²) in [6, 6.07) is 0. The molecular formula is C44H64Br4F16N8O6Si. The molecule has 4 saturated carbocycles. The van der Waals surface area contributed by atoms with E-state index in [1.165, 1.54) is 0 Å². The maximum absolute atomic E-state index is 15.1. The third kappa shape index (κ3) is 13.8. The smallest absolute Gasteiger partial charge is 0.330 e. The lowest BCUT2D eigenvalue weighted by atomic mass is 9.71. The van der Waals surface area contributed by atoms with Crippen molar-refractivity contribution in [3.05, 3.63) is 0 Å². The van der Waals surface area contributed by atoms with Gasteiger partial charge in [-0.15, -0.1) is 0 Å². The van der Waals surface area contributed by atoms with Crippen molar-refractivity contribution in [2.45, 2.75) is 194 Å². The van der Waals surface area contributed by atoms with Gasteiger partial charge in [-0.05, 0) is 49.4 Å². The second-order valence-corrected chi connectivity index (χ2v) is 26.5. The van der Waals surface area contributed by atoms with Gasteiger partial charge in [0.05, 0.1) is 61.5 Å². The molecule has 9 rings (SSSR count). The fourth-order valence-electron chi connectivity index (χ4n) is 13.8. The number of rotatable bonds is 16. The summed E-state index contributed by atoms with van der Waals surface area (Å²) in [5.74, 6) is -25.0. The van der Waals surface area contributed by atoms with Gasteiger partial charge in [0.15, 0.2) is 0 Å². The lowest BCUT2D eigenvalue weighted by Gasteiger charge is -2.51. The third-order valence-corrected chi connectivity index (χ3v) is 24.1. The highest BCUT2D eigenvalue weighted by molar-refractivity contribution is 9.14. The van der Waals surface area contributed by atoms with E-state index in [0.29, 0.717) is 12.8 Å². The third-order valence-electron chi connectivity index (χ3n) is 17.3. The molecule has 79 heavy (non-hydrogen) atoms. The Morgan fingerprint density at radius 3 is 0.797 bits per heavy atom. The second-order valence-electron chi connectivity index (χ2n) is 22.0. The van der Waals surface area contributed by atoms with Crippen LogP contribution in [-0.2, 0) is 18.9 Å². The zero-order chi connectivity index (χ0) is 57.8. The number of hydrogen-bond donors (Lipinski definition) is 10. The summed E-state index contributed by atoms with van der Waals surface area (Å²) in [6.07, 6.45) is -28.1. The largest absolute Gasteiger partial charge is 0.415 e. The van der Waals surface area contributed by atoms with Gasteiger partial charge in [-0.2, -0.15) is 35.1 Å². The van der Waals surface area contributed by atoms with Crippen LogP contribution in [0.25, 0.3) is 0 Å². The zero-order valence-corrected chi connectivity index (χ0v) is 49.2. The highest BCUT2D eigenvalue weighted by atomic mass is 79.9. The molecule has 9 fully saturated rings. The summed E-state index contributed by atoms with van der Waals surface area (Å²) >= 11 is 15.4. The lowest BCUT2D eigenvalue weighted by Crippen LogP contribution is -2.67. The van der Waals surface area contributed by atoms with Gasteiger partial charge in [0, 0.05) is 43.0 Å². The van der Waals surface area contributed by atoms with Crippen LogP contribution < -0.4 is 42.5 Å². The Labute approximate surface area is 480 Å². The Balaban J connectivity index is 0.00000268. The molecule has 24 atom stereocenters. The quantitative estimate of drug-likeness (QED) is 0.0522.